The fraction of sp³-hybridized carbons (Fsp3) is 0.261. The molecule has 0 saturated heterocycles. The number of anilines is 1. The summed E-state index contributed by atoms with van der Waals surface area (Å²) in [6.07, 6.45) is 1.70. The summed E-state index contributed by atoms with van der Waals surface area (Å²) < 4.78 is 16.0. The van der Waals surface area contributed by atoms with Crippen molar-refractivity contribution in [3.05, 3.63) is 56.6 Å². The van der Waals surface area contributed by atoms with E-state index < -0.39 is 17.8 Å². The second-order valence-electron chi connectivity index (χ2n) is 7.13. The molecule has 0 fully saturated rings. The minimum atomic E-state index is -0.598. The van der Waals surface area contributed by atoms with Gasteiger partial charge in [0.1, 0.15) is 18.1 Å². The van der Waals surface area contributed by atoms with Crippen LogP contribution in [0.15, 0.2) is 23.8 Å². The molecule has 1 aliphatic rings. The number of hydrogen-bond acceptors (Lipinski definition) is 6. The van der Waals surface area contributed by atoms with E-state index in [0.717, 1.165) is 11.1 Å². The zero-order valence-electron chi connectivity index (χ0n) is 17.8. The first-order valence-corrected chi connectivity index (χ1v) is 9.86. The van der Waals surface area contributed by atoms with Crippen molar-refractivity contribution in [1.82, 2.24) is 0 Å². The number of halogens is 1. The van der Waals surface area contributed by atoms with E-state index in [4.69, 9.17) is 25.8 Å². The molecule has 2 aromatic rings. The number of esters is 2. The molecule has 0 aliphatic carbocycles. The van der Waals surface area contributed by atoms with Crippen LogP contribution in [0.4, 0.5) is 5.69 Å². The van der Waals surface area contributed by atoms with Gasteiger partial charge in [-0.25, -0.2) is 4.79 Å². The van der Waals surface area contributed by atoms with Crippen LogP contribution < -0.4 is 14.8 Å². The van der Waals surface area contributed by atoms with Crippen molar-refractivity contribution in [2.45, 2.75) is 27.7 Å². The summed E-state index contributed by atoms with van der Waals surface area (Å²) >= 11 is 6.03. The number of nitrogens with one attached hydrogen (secondary N) is 1. The molecule has 8 heteroatoms. The van der Waals surface area contributed by atoms with Crippen LogP contribution >= 0.6 is 11.6 Å². The Morgan fingerprint density at radius 1 is 1.10 bits per heavy atom. The van der Waals surface area contributed by atoms with Crippen LogP contribution in [0.3, 0.4) is 0 Å². The molecule has 31 heavy (non-hydrogen) atoms. The van der Waals surface area contributed by atoms with E-state index in [-0.39, 0.29) is 17.9 Å². The molecule has 162 valence electrons. The van der Waals surface area contributed by atoms with E-state index in [9.17, 15) is 14.4 Å². The first-order chi connectivity index (χ1) is 14.6. The zero-order chi connectivity index (χ0) is 22.9. The number of hydrogen-bond donors (Lipinski definition) is 1. The van der Waals surface area contributed by atoms with Gasteiger partial charge in [0.2, 0.25) is 0 Å². The van der Waals surface area contributed by atoms with Crippen molar-refractivity contribution >= 4 is 41.2 Å². The third-order valence-electron chi connectivity index (χ3n) is 5.10. The van der Waals surface area contributed by atoms with Crippen LogP contribution in [-0.2, 0) is 14.3 Å². The number of carbonyl (C=O) groups is 3. The Morgan fingerprint density at radius 2 is 1.81 bits per heavy atom. The third kappa shape index (κ3) is 4.41. The first-order valence-electron chi connectivity index (χ1n) is 9.48. The predicted molar refractivity (Wildman–Crippen MR) is 117 cm³/mol. The second-order valence-corrected chi connectivity index (χ2v) is 7.57. The van der Waals surface area contributed by atoms with Crippen molar-refractivity contribution in [2.75, 3.05) is 19.0 Å². The van der Waals surface area contributed by atoms with E-state index >= 15 is 0 Å². The quantitative estimate of drug-likeness (QED) is 0.556. The molecule has 1 aliphatic heterocycles. The smallest absolute Gasteiger partial charge is 0.339 e. The topological polar surface area (TPSA) is 90.9 Å². The Balaban J connectivity index is 2.00. The fourth-order valence-corrected chi connectivity index (χ4v) is 3.55. The van der Waals surface area contributed by atoms with Crippen LogP contribution in [0, 0.1) is 20.8 Å². The number of benzene rings is 2. The van der Waals surface area contributed by atoms with Gasteiger partial charge in [0.25, 0.3) is 5.91 Å². The molecular formula is C23H22ClNO6. The molecule has 0 atom stereocenters. The molecule has 0 radical (unpaired) electrons. The Labute approximate surface area is 184 Å². The van der Waals surface area contributed by atoms with Crippen LogP contribution in [-0.4, -0.2) is 31.6 Å². The summed E-state index contributed by atoms with van der Waals surface area (Å²) in [5.41, 5.74) is 3.73. The Morgan fingerprint density at radius 3 is 2.45 bits per heavy atom. The highest BCUT2D eigenvalue weighted by molar-refractivity contribution is 6.31. The molecule has 1 amide bonds. The molecule has 7 nitrogen and oxygen atoms in total. The molecule has 0 spiro atoms. The zero-order valence-corrected chi connectivity index (χ0v) is 18.6. The predicted octanol–water partition coefficient (Wildman–Crippen LogP) is 4.39. The van der Waals surface area contributed by atoms with E-state index in [1.54, 1.807) is 13.0 Å². The van der Waals surface area contributed by atoms with Gasteiger partial charge in [-0.15, -0.1) is 0 Å². The summed E-state index contributed by atoms with van der Waals surface area (Å²) in [5, 5.41) is 3.06. The number of rotatable bonds is 4. The average Bonchev–Trinajstić information content (AvgIpc) is 2.74. The molecule has 2 aromatic carbocycles. The monoisotopic (exact) mass is 443 g/mol. The lowest BCUT2D eigenvalue weighted by Crippen LogP contribution is -2.23. The summed E-state index contributed by atoms with van der Waals surface area (Å²) in [6, 6.07) is 4.49. The maximum Gasteiger partial charge on any atom is 0.339 e. The highest BCUT2D eigenvalue weighted by Gasteiger charge is 2.26. The number of methoxy groups -OCH3 is 1. The van der Waals surface area contributed by atoms with Crippen LogP contribution in [0.25, 0.3) is 6.08 Å². The maximum atomic E-state index is 12.9. The van der Waals surface area contributed by atoms with Gasteiger partial charge >= 0.3 is 11.9 Å². The van der Waals surface area contributed by atoms with Crippen LogP contribution in [0.1, 0.15) is 39.5 Å². The van der Waals surface area contributed by atoms with E-state index in [1.165, 1.54) is 32.2 Å². The van der Waals surface area contributed by atoms with Gasteiger partial charge < -0.3 is 19.5 Å². The Kier molecular flexibility index (Phi) is 6.36. The summed E-state index contributed by atoms with van der Waals surface area (Å²) in [4.78, 5) is 36.5. The highest BCUT2D eigenvalue weighted by atomic mass is 35.5. The van der Waals surface area contributed by atoms with Crippen molar-refractivity contribution in [1.29, 1.82) is 0 Å². The average molecular weight is 444 g/mol. The first kappa shape index (κ1) is 22.4. The minimum Gasteiger partial charge on any atom is -0.488 e. The minimum absolute atomic E-state index is 0.0413. The molecule has 0 saturated carbocycles. The fourth-order valence-electron chi connectivity index (χ4n) is 3.38. The van der Waals surface area contributed by atoms with E-state index in [0.29, 0.717) is 33.2 Å². The molecule has 1 heterocycles. The molecule has 0 bridgehead atoms. The number of carbonyl (C=O) groups excluding carboxylic acids is 3. The number of fused-ring (bicyclic) bond motifs is 1. The van der Waals surface area contributed by atoms with E-state index in [2.05, 4.69) is 5.32 Å². The number of ether oxygens (including phenoxy) is 3. The van der Waals surface area contributed by atoms with Gasteiger partial charge in [-0.05, 0) is 56.2 Å². The second kappa shape index (κ2) is 8.81. The lowest BCUT2D eigenvalue weighted by atomic mass is 9.94. The standard InChI is InChI=1S/C23H22ClNO6/c1-11-12(2)21-18(13(3)20(11)31-14(4)26)8-15(10-30-21)22(27)25-19-9-16(24)6-7-17(19)23(28)29-5/h6-9H,10H2,1-5H3,(H,25,27). The van der Waals surface area contributed by atoms with Crippen molar-refractivity contribution in [3.63, 3.8) is 0 Å². The van der Waals surface area contributed by atoms with Gasteiger partial charge in [0.05, 0.1) is 23.9 Å². The van der Waals surface area contributed by atoms with Gasteiger partial charge in [0, 0.05) is 23.1 Å². The van der Waals surface area contributed by atoms with Gasteiger partial charge in [-0.3, -0.25) is 9.59 Å². The normalized spacial score (nSPS) is 12.3. The molecule has 0 aromatic heterocycles. The summed E-state index contributed by atoms with van der Waals surface area (Å²) in [5.74, 6) is -0.391. The highest BCUT2D eigenvalue weighted by Crippen LogP contribution is 2.41. The van der Waals surface area contributed by atoms with Crippen molar-refractivity contribution in [2.24, 2.45) is 0 Å². The van der Waals surface area contributed by atoms with Gasteiger partial charge in [-0.1, -0.05) is 11.6 Å². The molecule has 3 rings (SSSR count). The van der Waals surface area contributed by atoms with Gasteiger partial charge in [-0.2, -0.15) is 0 Å². The summed E-state index contributed by atoms with van der Waals surface area (Å²) in [7, 11) is 1.25. The van der Waals surface area contributed by atoms with Crippen LogP contribution in [0.2, 0.25) is 5.02 Å². The van der Waals surface area contributed by atoms with E-state index in [1.807, 2.05) is 13.8 Å². The molecule has 0 unspecified atom stereocenters. The Bertz CT molecular complexity index is 1140. The SMILES string of the molecule is COC(=O)c1ccc(Cl)cc1NC(=O)C1=Cc2c(C)c(OC(C)=O)c(C)c(C)c2OC1. The van der Waals surface area contributed by atoms with Crippen LogP contribution in [0.5, 0.6) is 11.5 Å². The van der Waals surface area contributed by atoms with Gasteiger partial charge in [0.15, 0.2) is 0 Å². The third-order valence-corrected chi connectivity index (χ3v) is 5.33. The number of amides is 1. The van der Waals surface area contributed by atoms with Crippen molar-refractivity contribution < 1.29 is 28.6 Å². The lowest BCUT2D eigenvalue weighted by molar-refractivity contribution is -0.132. The summed E-state index contributed by atoms with van der Waals surface area (Å²) in [6.45, 7) is 6.90. The molecule has 1 N–H and O–H groups in total. The van der Waals surface area contributed by atoms with Crippen molar-refractivity contribution in [3.8, 4) is 11.5 Å². The maximum absolute atomic E-state index is 12.9. The lowest BCUT2D eigenvalue weighted by Gasteiger charge is -2.24. The Hall–Kier alpha value is -3.32. The largest absolute Gasteiger partial charge is 0.488 e. The molecular weight excluding hydrogens is 422 g/mol.